The second-order valence-electron chi connectivity index (χ2n) is 0.894. The Morgan fingerprint density at radius 3 is 2.29 bits per heavy atom. The van der Waals surface area contributed by atoms with Gasteiger partial charge in [-0.2, -0.15) is 0 Å². The van der Waals surface area contributed by atoms with Gasteiger partial charge in [-0.3, -0.25) is 0 Å². The third-order valence-corrected chi connectivity index (χ3v) is 0.398. The highest BCUT2D eigenvalue weighted by Gasteiger charge is 2.00. The Morgan fingerprint density at radius 1 is 1.86 bits per heavy atom. The minimum Gasteiger partial charge on any atom is -0.464 e. The molecule has 0 aliphatic rings. The molecule has 0 spiro atoms. The monoisotopic (exact) mass is 106 g/mol. The van der Waals surface area contributed by atoms with Gasteiger partial charge in [0.25, 0.3) is 0 Å². The van der Waals surface area contributed by atoms with Crippen molar-refractivity contribution in [2.45, 2.75) is 0 Å². The van der Waals surface area contributed by atoms with E-state index < -0.39 is 12.8 Å². The van der Waals surface area contributed by atoms with Gasteiger partial charge in [0.1, 0.15) is 6.73 Å². The number of hydrogen-bond donors (Lipinski definition) is 3. The molecule has 0 bridgehead atoms. The van der Waals surface area contributed by atoms with Gasteiger partial charge in [0.2, 0.25) is 0 Å². The molecular formula is C2H6N2O3. The van der Waals surface area contributed by atoms with E-state index in [9.17, 15) is 4.79 Å². The molecule has 0 aromatic rings. The van der Waals surface area contributed by atoms with Crippen molar-refractivity contribution in [3.63, 3.8) is 0 Å². The van der Waals surface area contributed by atoms with Crippen LogP contribution in [0.1, 0.15) is 0 Å². The number of hydrazine groups is 1. The van der Waals surface area contributed by atoms with E-state index in [0.717, 1.165) is 0 Å². The van der Waals surface area contributed by atoms with Crippen LogP contribution >= 0.6 is 0 Å². The van der Waals surface area contributed by atoms with Gasteiger partial charge < -0.3 is 10.2 Å². The van der Waals surface area contributed by atoms with Gasteiger partial charge in [-0.05, 0) is 0 Å². The van der Waals surface area contributed by atoms with Gasteiger partial charge in [-0.15, -0.1) is 0 Å². The van der Waals surface area contributed by atoms with Crippen LogP contribution in [0.3, 0.4) is 0 Å². The summed E-state index contributed by atoms with van der Waals surface area (Å²) < 4.78 is 0. The maximum Gasteiger partial charge on any atom is 0.423 e. The fraction of sp³-hybridized carbons (Fsp3) is 0.500. The first-order chi connectivity index (χ1) is 3.18. The molecule has 0 saturated heterocycles. The largest absolute Gasteiger partial charge is 0.464 e. The zero-order chi connectivity index (χ0) is 5.86. The summed E-state index contributed by atoms with van der Waals surface area (Å²) in [5.74, 6) is 4.60. The molecule has 4 N–H and O–H groups in total. The Kier molecular flexibility index (Phi) is 2.10. The maximum absolute atomic E-state index is 9.57. The van der Waals surface area contributed by atoms with Gasteiger partial charge in [0, 0.05) is 0 Å². The van der Waals surface area contributed by atoms with Crippen LogP contribution in [0.5, 0.6) is 0 Å². The summed E-state index contributed by atoms with van der Waals surface area (Å²) in [4.78, 5) is 9.57. The second-order valence-corrected chi connectivity index (χ2v) is 0.894. The summed E-state index contributed by atoms with van der Waals surface area (Å²) in [5.41, 5.74) is 0. The molecule has 42 valence electrons. The van der Waals surface area contributed by atoms with E-state index in [-0.39, 0.29) is 5.01 Å². The average molecular weight is 106 g/mol. The van der Waals surface area contributed by atoms with Gasteiger partial charge in [-0.1, -0.05) is 0 Å². The van der Waals surface area contributed by atoms with Crippen molar-refractivity contribution < 1.29 is 15.0 Å². The highest BCUT2D eigenvalue weighted by Crippen LogP contribution is 1.70. The van der Waals surface area contributed by atoms with E-state index in [1.165, 1.54) is 0 Å². The summed E-state index contributed by atoms with van der Waals surface area (Å²) in [6, 6.07) is 0. The second kappa shape index (κ2) is 2.38. The number of carboxylic acid groups (broad SMARTS) is 1. The summed E-state index contributed by atoms with van der Waals surface area (Å²) in [6.07, 6.45) is -1.34. The van der Waals surface area contributed by atoms with E-state index in [1.54, 1.807) is 0 Å². The molecule has 0 saturated carbocycles. The third-order valence-electron chi connectivity index (χ3n) is 0.398. The molecule has 0 fully saturated rings. The van der Waals surface area contributed by atoms with Crippen molar-refractivity contribution in [3.8, 4) is 0 Å². The molecular weight excluding hydrogens is 100 g/mol. The Labute approximate surface area is 39.9 Å². The van der Waals surface area contributed by atoms with E-state index in [1.807, 2.05) is 0 Å². The Bertz CT molecular complexity index is 73.3. The van der Waals surface area contributed by atoms with E-state index in [4.69, 9.17) is 10.2 Å². The number of aliphatic hydroxyl groups excluding tert-OH is 1. The lowest BCUT2D eigenvalue weighted by atomic mass is 11.0. The molecule has 0 aliphatic heterocycles. The van der Waals surface area contributed by atoms with Crippen LogP contribution in [0.15, 0.2) is 0 Å². The first-order valence-electron chi connectivity index (χ1n) is 1.54. The van der Waals surface area contributed by atoms with Crippen molar-refractivity contribution >= 4 is 6.09 Å². The van der Waals surface area contributed by atoms with Crippen LogP contribution in [0.2, 0.25) is 0 Å². The minimum absolute atomic E-state index is 0.264. The van der Waals surface area contributed by atoms with Crippen molar-refractivity contribution in [2.75, 3.05) is 6.73 Å². The van der Waals surface area contributed by atoms with Crippen LogP contribution in [-0.4, -0.2) is 28.0 Å². The molecule has 1 amide bonds. The van der Waals surface area contributed by atoms with Crippen LogP contribution in [0.25, 0.3) is 0 Å². The number of aliphatic hydroxyl groups is 1. The predicted octanol–water partition coefficient (Wildman–Crippen LogP) is -1.21. The van der Waals surface area contributed by atoms with Crippen molar-refractivity contribution in [2.24, 2.45) is 5.84 Å². The van der Waals surface area contributed by atoms with Gasteiger partial charge in [0.05, 0.1) is 0 Å². The predicted molar refractivity (Wildman–Crippen MR) is 21.1 cm³/mol. The first kappa shape index (κ1) is 6.19. The molecule has 7 heavy (non-hydrogen) atoms. The smallest absolute Gasteiger partial charge is 0.423 e. The minimum atomic E-state index is -1.34. The van der Waals surface area contributed by atoms with Gasteiger partial charge in [-0.25, -0.2) is 15.6 Å². The summed E-state index contributed by atoms with van der Waals surface area (Å²) in [7, 11) is 0. The van der Waals surface area contributed by atoms with Crippen LogP contribution in [0, 0.1) is 0 Å². The van der Waals surface area contributed by atoms with Crippen molar-refractivity contribution in [1.82, 2.24) is 5.01 Å². The average Bonchev–Trinajstić information content (AvgIpc) is 1.65. The summed E-state index contributed by atoms with van der Waals surface area (Å²) >= 11 is 0. The Morgan fingerprint density at radius 2 is 2.29 bits per heavy atom. The Hall–Kier alpha value is -0.810. The summed E-state index contributed by atoms with van der Waals surface area (Å²) in [6.45, 7) is -0.671. The van der Waals surface area contributed by atoms with Crippen molar-refractivity contribution in [1.29, 1.82) is 0 Å². The van der Waals surface area contributed by atoms with E-state index >= 15 is 0 Å². The lowest BCUT2D eigenvalue weighted by molar-refractivity contribution is 0.0891. The molecule has 0 aromatic carbocycles. The van der Waals surface area contributed by atoms with Gasteiger partial charge in [0.15, 0.2) is 0 Å². The standard InChI is InChI=1S/C2H6N2O3/c3-4(1-5)2(6)7/h5H,1,3H2,(H,6,7). The molecule has 0 heterocycles. The molecule has 5 nitrogen and oxygen atoms in total. The van der Waals surface area contributed by atoms with Crippen molar-refractivity contribution in [3.05, 3.63) is 0 Å². The zero-order valence-corrected chi connectivity index (χ0v) is 3.53. The molecule has 0 aliphatic carbocycles. The van der Waals surface area contributed by atoms with E-state index in [0.29, 0.717) is 0 Å². The van der Waals surface area contributed by atoms with Crippen LogP contribution < -0.4 is 5.84 Å². The highest BCUT2D eigenvalue weighted by atomic mass is 16.4. The molecule has 5 heteroatoms. The number of nitrogens with zero attached hydrogens (tertiary/aromatic N) is 1. The Balaban J connectivity index is 3.34. The number of amides is 1. The van der Waals surface area contributed by atoms with Crippen LogP contribution in [0.4, 0.5) is 4.79 Å². The molecule has 0 radical (unpaired) electrons. The SMILES string of the molecule is NN(CO)C(=O)O. The molecule has 0 atom stereocenters. The third kappa shape index (κ3) is 1.96. The highest BCUT2D eigenvalue weighted by molar-refractivity contribution is 5.63. The van der Waals surface area contributed by atoms with E-state index in [2.05, 4.69) is 5.84 Å². The molecule has 0 aromatic heterocycles. The maximum atomic E-state index is 9.57. The summed E-state index contributed by atoms with van der Waals surface area (Å²) in [5, 5.41) is 16.0. The lowest BCUT2D eigenvalue weighted by Crippen LogP contribution is -2.36. The normalized spacial score (nSPS) is 8.29. The van der Waals surface area contributed by atoms with Crippen LogP contribution in [-0.2, 0) is 0 Å². The van der Waals surface area contributed by atoms with Gasteiger partial charge >= 0.3 is 6.09 Å². The lowest BCUT2D eigenvalue weighted by Gasteiger charge is -2.04. The zero-order valence-electron chi connectivity index (χ0n) is 3.53. The fourth-order valence-corrected chi connectivity index (χ4v) is 0.0605. The fourth-order valence-electron chi connectivity index (χ4n) is 0.0605. The molecule has 0 rings (SSSR count). The number of carbonyl (C=O) groups is 1. The number of nitrogens with two attached hydrogens (primary N) is 1. The quantitative estimate of drug-likeness (QED) is 0.169. The number of rotatable bonds is 1. The molecule has 0 unspecified atom stereocenters. The number of hydrogen-bond acceptors (Lipinski definition) is 3. The topological polar surface area (TPSA) is 86.8 Å². The first-order valence-corrected chi connectivity index (χ1v) is 1.54.